The molecule has 0 aliphatic carbocycles. The van der Waals surface area contributed by atoms with Crippen LogP contribution in [0.5, 0.6) is 0 Å². The summed E-state index contributed by atoms with van der Waals surface area (Å²) in [6.07, 6.45) is 0. The third-order valence-corrected chi connectivity index (χ3v) is 5.72. The zero-order valence-electron chi connectivity index (χ0n) is 17.3. The van der Waals surface area contributed by atoms with Crippen molar-refractivity contribution in [3.05, 3.63) is 29.3 Å². The van der Waals surface area contributed by atoms with Gasteiger partial charge in [-0.3, -0.25) is 14.5 Å². The number of rotatable bonds is 5. The van der Waals surface area contributed by atoms with E-state index in [1.807, 2.05) is 21.7 Å². The molecule has 0 N–H and O–H groups in total. The molecule has 1 aromatic carbocycles. The van der Waals surface area contributed by atoms with Crippen molar-refractivity contribution in [2.45, 2.75) is 13.8 Å². The lowest BCUT2D eigenvalue weighted by Gasteiger charge is -2.37. The molecule has 2 heterocycles. The van der Waals surface area contributed by atoms with E-state index in [0.29, 0.717) is 26.3 Å². The number of ether oxygens (including phenoxy) is 1. The summed E-state index contributed by atoms with van der Waals surface area (Å²) in [5, 5.41) is 0. The highest BCUT2D eigenvalue weighted by Gasteiger charge is 2.24. The third-order valence-electron chi connectivity index (χ3n) is 5.72. The molecule has 2 aliphatic heterocycles. The van der Waals surface area contributed by atoms with Crippen LogP contribution in [0, 0.1) is 13.8 Å². The summed E-state index contributed by atoms with van der Waals surface area (Å²) in [5.74, 6) is 0.163. The van der Waals surface area contributed by atoms with E-state index in [1.54, 1.807) is 0 Å². The molecule has 28 heavy (non-hydrogen) atoms. The van der Waals surface area contributed by atoms with Crippen molar-refractivity contribution in [2.75, 3.05) is 77.5 Å². The number of hydrogen-bond acceptors (Lipinski definition) is 5. The van der Waals surface area contributed by atoms with Crippen LogP contribution in [-0.4, -0.2) is 99.1 Å². The number of anilines is 1. The van der Waals surface area contributed by atoms with Gasteiger partial charge in [-0.2, -0.15) is 0 Å². The highest BCUT2D eigenvalue weighted by Crippen LogP contribution is 2.23. The van der Waals surface area contributed by atoms with Gasteiger partial charge in [0.2, 0.25) is 11.8 Å². The van der Waals surface area contributed by atoms with Crippen LogP contribution in [0.3, 0.4) is 0 Å². The van der Waals surface area contributed by atoms with E-state index in [-0.39, 0.29) is 24.9 Å². The molecular weight excluding hydrogens is 356 g/mol. The number of likely N-dealkylation sites (N-methyl/N-ethyl adjacent to an activating group) is 1. The van der Waals surface area contributed by atoms with Crippen LogP contribution in [0.1, 0.15) is 11.1 Å². The van der Waals surface area contributed by atoms with Gasteiger partial charge in [-0.05, 0) is 38.1 Å². The fourth-order valence-corrected chi connectivity index (χ4v) is 3.81. The van der Waals surface area contributed by atoms with Gasteiger partial charge in [-0.25, -0.2) is 0 Å². The number of carbonyl (C=O) groups is 2. The van der Waals surface area contributed by atoms with Crippen LogP contribution in [0.4, 0.5) is 5.69 Å². The summed E-state index contributed by atoms with van der Waals surface area (Å²) in [5.41, 5.74) is 3.87. The van der Waals surface area contributed by atoms with Crippen LogP contribution in [0.25, 0.3) is 0 Å². The number of carbonyl (C=O) groups excluding carboxylic acids is 2. The summed E-state index contributed by atoms with van der Waals surface area (Å²) in [6, 6.07) is 6.38. The predicted octanol–water partition coefficient (Wildman–Crippen LogP) is 0.743. The first-order valence-corrected chi connectivity index (χ1v) is 10.1. The van der Waals surface area contributed by atoms with Crippen molar-refractivity contribution >= 4 is 17.5 Å². The molecule has 2 fully saturated rings. The van der Waals surface area contributed by atoms with E-state index >= 15 is 0 Å². The van der Waals surface area contributed by atoms with Crippen LogP contribution < -0.4 is 4.90 Å². The molecular formula is C21H32N4O3. The molecule has 0 aromatic heterocycles. The molecule has 2 aliphatic rings. The summed E-state index contributed by atoms with van der Waals surface area (Å²) >= 11 is 0. The molecule has 7 heteroatoms. The molecule has 0 radical (unpaired) electrons. The lowest BCUT2D eigenvalue weighted by Crippen LogP contribution is -2.52. The van der Waals surface area contributed by atoms with Gasteiger partial charge in [0, 0.05) is 45.0 Å². The number of nitrogens with zero attached hydrogens (tertiary/aromatic N) is 4. The Labute approximate surface area is 167 Å². The first-order chi connectivity index (χ1) is 13.5. The highest BCUT2D eigenvalue weighted by molar-refractivity contribution is 5.81. The van der Waals surface area contributed by atoms with Crippen molar-refractivity contribution in [3.63, 3.8) is 0 Å². The van der Waals surface area contributed by atoms with E-state index in [4.69, 9.17) is 4.74 Å². The standard InChI is InChI=1S/C21H32N4O3/c1-17-5-4-6-19(18(17)2)23-7-9-24(10-8-23)20(26)15-22(3)16-21(27)25-11-13-28-14-12-25/h4-6H,7-16H2,1-3H3. The van der Waals surface area contributed by atoms with Crippen LogP contribution in [0.2, 0.25) is 0 Å². The van der Waals surface area contributed by atoms with Gasteiger partial charge >= 0.3 is 0 Å². The molecule has 154 valence electrons. The van der Waals surface area contributed by atoms with Gasteiger partial charge in [0.05, 0.1) is 26.3 Å². The maximum Gasteiger partial charge on any atom is 0.236 e. The minimum Gasteiger partial charge on any atom is -0.378 e. The van der Waals surface area contributed by atoms with Crippen molar-refractivity contribution in [2.24, 2.45) is 0 Å². The van der Waals surface area contributed by atoms with E-state index in [0.717, 1.165) is 26.2 Å². The van der Waals surface area contributed by atoms with E-state index < -0.39 is 0 Å². The second-order valence-corrected chi connectivity index (χ2v) is 7.75. The van der Waals surface area contributed by atoms with Crippen LogP contribution in [0.15, 0.2) is 18.2 Å². The Morgan fingerprint density at radius 2 is 1.50 bits per heavy atom. The van der Waals surface area contributed by atoms with Crippen LogP contribution in [-0.2, 0) is 14.3 Å². The normalized spacial score (nSPS) is 17.9. The topological polar surface area (TPSA) is 56.3 Å². The maximum atomic E-state index is 12.7. The fourth-order valence-electron chi connectivity index (χ4n) is 3.81. The van der Waals surface area contributed by atoms with Crippen molar-refractivity contribution in [1.82, 2.24) is 14.7 Å². The largest absolute Gasteiger partial charge is 0.378 e. The third kappa shape index (κ3) is 5.02. The van der Waals surface area contributed by atoms with Gasteiger partial charge in [-0.15, -0.1) is 0 Å². The Morgan fingerprint density at radius 1 is 0.929 bits per heavy atom. The molecule has 3 rings (SSSR count). The van der Waals surface area contributed by atoms with Gasteiger partial charge in [-0.1, -0.05) is 12.1 Å². The number of benzene rings is 1. The molecule has 0 unspecified atom stereocenters. The summed E-state index contributed by atoms with van der Waals surface area (Å²) in [4.78, 5) is 32.9. The minimum absolute atomic E-state index is 0.0679. The molecule has 1 aromatic rings. The van der Waals surface area contributed by atoms with E-state index in [9.17, 15) is 9.59 Å². The summed E-state index contributed by atoms with van der Waals surface area (Å²) in [7, 11) is 1.84. The molecule has 0 bridgehead atoms. The second kappa shape index (κ2) is 9.39. The van der Waals surface area contributed by atoms with Crippen molar-refractivity contribution < 1.29 is 14.3 Å². The van der Waals surface area contributed by atoms with Crippen molar-refractivity contribution in [3.8, 4) is 0 Å². The molecule has 0 saturated carbocycles. The Morgan fingerprint density at radius 3 is 2.11 bits per heavy atom. The molecule has 2 saturated heterocycles. The Balaban J connectivity index is 1.45. The second-order valence-electron chi connectivity index (χ2n) is 7.75. The zero-order chi connectivity index (χ0) is 20.1. The smallest absolute Gasteiger partial charge is 0.236 e. The summed E-state index contributed by atoms with van der Waals surface area (Å²) in [6.45, 7) is 10.4. The van der Waals surface area contributed by atoms with E-state index in [1.165, 1.54) is 16.8 Å². The minimum atomic E-state index is 0.0679. The van der Waals surface area contributed by atoms with E-state index in [2.05, 4.69) is 36.9 Å². The van der Waals surface area contributed by atoms with Crippen LogP contribution >= 0.6 is 0 Å². The highest BCUT2D eigenvalue weighted by atomic mass is 16.5. The lowest BCUT2D eigenvalue weighted by atomic mass is 10.1. The monoisotopic (exact) mass is 388 g/mol. The van der Waals surface area contributed by atoms with Gasteiger partial charge in [0.15, 0.2) is 0 Å². The average molecular weight is 389 g/mol. The van der Waals surface area contributed by atoms with Gasteiger partial charge < -0.3 is 19.4 Å². The molecule has 0 spiro atoms. The number of piperazine rings is 1. The maximum absolute atomic E-state index is 12.7. The Bertz CT molecular complexity index is 695. The number of hydrogen-bond donors (Lipinski definition) is 0. The lowest BCUT2D eigenvalue weighted by molar-refractivity contribution is -0.137. The Hall–Kier alpha value is -2.12. The first kappa shape index (κ1) is 20.6. The molecule has 2 amide bonds. The SMILES string of the molecule is Cc1cccc(N2CCN(C(=O)CN(C)CC(=O)N3CCOCC3)CC2)c1C. The van der Waals surface area contributed by atoms with Crippen molar-refractivity contribution in [1.29, 1.82) is 0 Å². The fraction of sp³-hybridized carbons (Fsp3) is 0.619. The summed E-state index contributed by atoms with van der Waals surface area (Å²) < 4.78 is 5.28. The number of morpholine rings is 1. The van der Waals surface area contributed by atoms with Gasteiger partial charge in [0.25, 0.3) is 0 Å². The first-order valence-electron chi connectivity index (χ1n) is 10.1. The number of amides is 2. The Kier molecular flexibility index (Phi) is 6.91. The van der Waals surface area contributed by atoms with Gasteiger partial charge in [0.1, 0.15) is 0 Å². The molecule has 7 nitrogen and oxygen atoms in total. The quantitative estimate of drug-likeness (QED) is 0.745. The average Bonchev–Trinajstić information content (AvgIpc) is 2.70. The number of aryl methyl sites for hydroxylation is 1. The zero-order valence-corrected chi connectivity index (χ0v) is 17.3. The predicted molar refractivity (Wildman–Crippen MR) is 110 cm³/mol. The molecule has 0 atom stereocenters.